The van der Waals surface area contributed by atoms with Crippen LogP contribution in [0, 0.1) is 11.8 Å². The van der Waals surface area contributed by atoms with Crippen LogP contribution in [-0.2, 0) is 0 Å². The van der Waals surface area contributed by atoms with Crippen LogP contribution < -0.4 is 5.32 Å². The van der Waals surface area contributed by atoms with Crippen LogP contribution in [0.25, 0.3) is 0 Å². The largest absolute Gasteiger partial charge is 0.312 e. The first-order valence-corrected chi connectivity index (χ1v) is 8.30. The Bertz CT molecular complexity index is 258. The molecule has 0 spiro atoms. The molecule has 3 rings (SSSR count). The van der Waals surface area contributed by atoms with Crippen molar-refractivity contribution >= 4 is 0 Å². The highest BCUT2D eigenvalue weighted by Gasteiger charge is 2.36. The number of nitrogens with one attached hydrogen (secondary N) is 1. The minimum Gasteiger partial charge on any atom is -0.312 e. The Balaban J connectivity index is 1.35. The van der Waals surface area contributed by atoms with Gasteiger partial charge in [-0.05, 0) is 50.6 Å². The molecular formula is C16H30N2. The summed E-state index contributed by atoms with van der Waals surface area (Å²) in [4.78, 5) is 2.71. The molecule has 0 aromatic rings. The number of hydrogen-bond acceptors (Lipinski definition) is 2. The molecule has 0 amide bonds. The second-order valence-corrected chi connectivity index (χ2v) is 7.01. The molecule has 2 heteroatoms. The monoisotopic (exact) mass is 250 g/mol. The van der Waals surface area contributed by atoms with Crippen LogP contribution in [-0.4, -0.2) is 36.6 Å². The van der Waals surface area contributed by atoms with Crippen molar-refractivity contribution in [2.75, 3.05) is 19.6 Å². The van der Waals surface area contributed by atoms with Gasteiger partial charge in [-0.1, -0.05) is 32.6 Å². The number of nitrogens with zero attached hydrogens (tertiary/aromatic N) is 1. The van der Waals surface area contributed by atoms with Crippen molar-refractivity contribution in [3.8, 4) is 0 Å². The molecule has 1 N–H and O–H groups in total. The van der Waals surface area contributed by atoms with Crippen LogP contribution in [0.5, 0.6) is 0 Å². The van der Waals surface area contributed by atoms with Crippen LogP contribution in [0.15, 0.2) is 0 Å². The molecule has 0 bridgehead atoms. The Morgan fingerprint density at radius 2 is 1.83 bits per heavy atom. The van der Waals surface area contributed by atoms with E-state index in [0.29, 0.717) is 0 Å². The van der Waals surface area contributed by atoms with Crippen molar-refractivity contribution in [1.82, 2.24) is 10.2 Å². The van der Waals surface area contributed by atoms with Gasteiger partial charge in [-0.3, -0.25) is 4.90 Å². The topological polar surface area (TPSA) is 15.3 Å². The molecule has 2 atom stereocenters. The maximum absolute atomic E-state index is 3.87. The third-order valence-electron chi connectivity index (χ3n) is 5.70. The smallest absolute Gasteiger partial charge is 0.0250 e. The summed E-state index contributed by atoms with van der Waals surface area (Å²) in [5.41, 5.74) is 0. The summed E-state index contributed by atoms with van der Waals surface area (Å²) in [5.74, 6) is 2.02. The molecule has 18 heavy (non-hydrogen) atoms. The fraction of sp³-hybridized carbons (Fsp3) is 1.00. The Morgan fingerprint density at radius 3 is 2.67 bits per heavy atom. The van der Waals surface area contributed by atoms with E-state index in [-0.39, 0.29) is 0 Å². The molecule has 0 aromatic heterocycles. The van der Waals surface area contributed by atoms with Gasteiger partial charge in [-0.15, -0.1) is 0 Å². The van der Waals surface area contributed by atoms with Crippen molar-refractivity contribution in [2.45, 2.75) is 70.4 Å². The molecule has 2 aliphatic heterocycles. The van der Waals surface area contributed by atoms with E-state index in [1.54, 1.807) is 0 Å². The maximum Gasteiger partial charge on any atom is 0.0250 e. The minimum atomic E-state index is 0.815. The van der Waals surface area contributed by atoms with Gasteiger partial charge in [0.15, 0.2) is 0 Å². The summed E-state index contributed by atoms with van der Waals surface area (Å²) in [6.45, 7) is 6.41. The molecule has 3 fully saturated rings. The van der Waals surface area contributed by atoms with Crippen LogP contribution in [0.2, 0.25) is 0 Å². The molecule has 104 valence electrons. The zero-order valence-electron chi connectivity index (χ0n) is 12.0. The van der Waals surface area contributed by atoms with E-state index in [1.807, 2.05) is 0 Å². The van der Waals surface area contributed by atoms with E-state index < -0.39 is 0 Å². The van der Waals surface area contributed by atoms with Crippen LogP contribution in [0.1, 0.15) is 58.3 Å². The normalized spacial score (nSPS) is 41.2. The Labute approximate surface area is 113 Å². The minimum absolute atomic E-state index is 0.815. The molecule has 1 aliphatic carbocycles. The zero-order valence-corrected chi connectivity index (χ0v) is 12.0. The highest BCUT2D eigenvalue weighted by molar-refractivity contribution is 4.95. The third kappa shape index (κ3) is 2.91. The fourth-order valence-electron chi connectivity index (χ4n) is 4.41. The lowest BCUT2D eigenvalue weighted by molar-refractivity contribution is 0.264. The van der Waals surface area contributed by atoms with Crippen molar-refractivity contribution in [1.29, 1.82) is 0 Å². The summed E-state index contributed by atoms with van der Waals surface area (Å²) in [5, 5.41) is 3.87. The number of rotatable bonds is 4. The predicted molar refractivity (Wildman–Crippen MR) is 76.7 cm³/mol. The van der Waals surface area contributed by atoms with Crippen molar-refractivity contribution in [3.05, 3.63) is 0 Å². The first kappa shape index (κ1) is 12.9. The van der Waals surface area contributed by atoms with Gasteiger partial charge < -0.3 is 5.32 Å². The molecule has 2 nitrogen and oxygen atoms in total. The lowest BCUT2D eigenvalue weighted by Crippen LogP contribution is -2.40. The molecule has 2 saturated heterocycles. The van der Waals surface area contributed by atoms with Crippen molar-refractivity contribution in [2.24, 2.45) is 11.8 Å². The van der Waals surface area contributed by atoms with Gasteiger partial charge in [0, 0.05) is 18.6 Å². The van der Waals surface area contributed by atoms with Gasteiger partial charge in [-0.25, -0.2) is 0 Å². The molecular weight excluding hydrogens is 220 g/mol. The predicted octanol–water partition coefficient (Wildman–Crippen LogP) is 3.03. The van der Waals surface area contributed by atoms with E-state index in [9.17, 15) is 0 Å². The first-order valence-electron chi connectivity index (χ1n) is 8.30. The highest BCUT2D eigenvalue weighted by Crippen LogP contribution is 2.31. The Hall–Kier alpha value is -0.0800. The van der Waals surface area contributed by atoms with Gasteiger partial charge in [0.05, 0.1) is 0 Å². The molecule has 3 aliphatic rings. The van der Waals surface area contributed by atoms with E-state index in [2.05, 4.69) is 17.1 Å². The van der Waals surface area contributed by atoms with E-state index in [0.717, 1.165) is 23.9 Å². The molecule has 2 heterocycles. The van der Waals surface area contributed by atoms with Crippen LogP contribution in [0.3, 0.4) is 0 Å². The van der Waals surface area contributed by atoms with Gasteiger partial charge in [0.2, 0.25) is 0 Å². The second-order valence-electron chi connectivity index (χ2n) is 7.01. The molecule has 2 unspecified atom stereocenters. The van der Waals surface area contributed by atoms with E-state index in [4.69, 9.17) is 0 Å². The second kappa shape index (κ2) is 5.92. The van der Waals surface area contributed by atoms with Gasteiger partial charge >= 0.3 is 0 Å². The average Bonchev–Trinajstić information content (AvgIpc) is 2.96. The lowest BCUT2D eigenvalue weighted by atomic mass is 9.81. The summed E-state index contributed by atoms with van der Waals surface area (Å²) in [6.07, 6.45) is 11.6. The fourth-order valence-corrected chi connectivity index (χ4v) is 4.41. The Kier molecular flexibility index (Phi) is 4.25. The third-order valence-corrected chi connectivity index (χ3v) is 5.70. The van der Waals surface area contributed by atoms with Crippen LogP contribution >= 0.6 is 0 Å². The SMILES string of the molecule is CC1CCC(CCNC2CCN3CCCC23)CC1. The zero-order chi connectivity index (χ0) is 12.4. The number of fused-ring (bicyclic) bond motifs is 1. The maximum atomic E-state index is 3.87. The van der Waals surface area contributed by atoms with Crippen molar-refractivity contribution < 1.29 is 0 Å². The molecule has 0 aromatic carbocycles. The number of hydrogen-bond donors (Lipinski definition) is 1. The lowest BCUT2D eigenvalue weighted by Gasteiger charge is -2.27. The molecule has 0 radical (unpaired) electrons. The molecule has 1 saturated carbocycles. The summed E-state index contributed by atoms with van der Waals surface area (Å²) < 4.78 is 0. The Morgan fingerprint density at radius 1 is 1.00 bits per heavy atom. The van der Waals surface area contributed by atoms with Gasteiger partial charge in [0.25, 0.3) is 0 Å². The van der Waals surface area contributed by atoms with Crippen molar-refractivity contribution in [3.63, 3.8) is 0 Å². The standard InChI is InChI=1S/C16H30N2/c1-13-4-6-14(7-5-13)8-10-17-15-9-12-18-11-2-3-16(15)18/h13-17H,2-12H2,1H3. The summed E-state index contributed by atoms with van der Waals surface area (Å²) in [7, 11) is 0. The summed E-state index contributed by atoms with van der Waals surface area (Å²) >= 11 is 0. The quantitative estimate of drug-likeness (QED) is 0.825. The van der Waals surface area contributed by atoms with Crippen LogP contribution in [0.4, 0.5) is 0 Å². The van der Waals surface area contributed by atoms with E-state index >= 15 is 0 Å². The average molecular weight is 250 g/mol. The van der Waals surface area contributed by atoms with Gasteiger partial charge in [0.1, 0.15) is 0 Å². The first-order chi connectivity index (χ1) is 8.83. The van der Waals surface area contributed by atoms with Gasteiger partial charge in [-0.2, -0.15) is 0 Å². The van der Waals surface area contributed by atoms with E-state index in [1.165, 1.54) is 71.0 Å². The highest BCUT2D eigenvalue weighted by atomic mass is 15.2. The summed E-state index contributed by atoms with van der Waals surface area (Å²) in [6, 6.07) is 1.70.